The Hall–Kier alpha value is -2.62. The number of nitrogens with zero attached hydrogens (tertiary/aromatic N) is 1. The number of amides is 1. The average Bonchev–Trinajstić information content (AvgIpc) is 2.67. The van der Waals surface area contributed by atoms with E-state index < -0.39 is 0 Å². The zero-order valence-electron chi connectivity index (χ0n) is 13.6. The Morgan fingerprint density at radius 1 is 0.875 bits per heavy atom. The molecule has 1 aliphatic heterocycles. The number of carbonyl (C=O) groups excluding carboxylic acids is 2. The Labute approximate surface area is 142 Å². The lowest BCUT2D eigenvalue weighted by molar-refractivity contribution is 0.0355. The minimum atomic E-state index is -0.279. The van der Waals surface area contributed by atoms with Gasteiger partial charge in [-0.25, -0.2) is 4.79 Å². The molecule has 124 valence electrons. The molecule has 0 aromatic heterocycles. The third kappa shape index (κ3) is 4.02. The third-order valence-electron chi connectivity index (χ3n) is 4.38. The van der Waals surface area contributed by atoms with E-state index in [4.69, 9.17) is 4.74 Å². The van der Waals surface area contributed by atoms with Gasteiger partial charge in [0.25, 0.3) is 5.91 Å². The van der Waals surface area contributed by atoms with Gasteiger partial charge in [-0.05, 0) is 43.0 Å². The lowest BCUT2D eigenvalue weighted by Crippen LogP contribution is -2.39. The summed E-state index contributed by atoms with van der Waals surface area (Å²) in [6.45, 7) is 1.84. The van der Waals surface area contributed by atoms with Gasteiger partial charge in [0.2, 0.25) is 0 Å². The number of benzene rings is 2. The number of likely N-dealkylation sites (tertiary alicyclic amines) is 1. The van der Waals surface area contributed by atoms with Gasteiger partial charge in [-0.1, -0.05) is 36.4 Å². The molecular weight excluding hydrogens is 302 g/mol. The first kappa shape index (κ1) is 16.2. The van der Waals surface area contributed by atoms with E-state index in [0.717, 1.165) is 18.4 Å². The Bertz CT molecular complexity index is 677. The Kier molecular flexibility index (Phi) is 5.26. The van der Waals surface area contributed by atoms with Crippen molar-refractivity contribution in [3.8, 4) is 0 Å². The van der Waals surface area contributed by atoms with Crippen LogP contribution in [0.25, 0.3) is 0 Å². The summed E-state index contributed by atoms with van der Waals surface area (Å²) in [5.74, 6) is 0.117. The third-order valence-corrected chi connectivity index (χ3v) is 4.38. The topological polar surface area (TPSA) is 46.6 Å². The fraction of sp³-hybridized carbons (Fsp3) is 0.300. The molecule has 1 aliphatic rings. The largest absolute Gasteiger partial charge is 0.462 e. The molecule has 4 heteroatoms. The number of carbonyl (C=O) groups is 2. The van der Waals surface area contributed by atoms with Gasteiger partial charge in [0.1, 0.15) is 0 Å². The summed E-state index contributed by atoms with van der Waals surface area (Å²) in [5.41, 5.74) is 1.31. The maximum absolute atomic E-state index is 12.4. The Morgan fingerprint density at radius 3 is 2.00 bits per heavy atom. The number of rotatable bonds is 4. The van der Waals surface area contributed by atoms with Crippen molar-refractivity contribution in [2.75, 3.05) is 19.7 Å². The molecule has 2 aromatic carbocycles. The molecule has 24 heavy (non-hydrogen) atoms. The second-order valence-corrected chi connectivity index (χ2v) is 6.07. The summed E-state index contributed by atoms with van der Waals surface area (Å²) in [5, 5.41) is 0. The highest BCUT2D eigenvalue weighted by molar-refractivity contribution is 5.94. The van der Waals surface area contributed by atoms with E-state index in [1.54, 1.807) is 12.1 Å². The lowest BCUT2D eigenvalue weighted by Gasteiger charge is -2.31. The van der Waals surface area contributed by atoms with E-state index in [9.17, 15) is 9.59 Å². The van der Waals surface area contributed by atoms with Gasteiger partial charge in [0.15, 0.2) is 0 Å². The molecule has 0 radical (unpaired) electrons. The maximum Gasteiger partial charge on any atom is 0.338 e. The SMILES string of the molecule is O=C(OCC1CCN(C(=O)c2ccccc2)CC1)c1ccccc1. The predicted octanol–water partition coefficient (Wildman–Crippen LogP) is 3.40. The first-order valence-electron chi connectivity index (χ1n) is 8.30. The molecule has 0 atom stereocenters. The lowest BCUT2D eigenvalue weighted by atomic mass is 9.97. The van der Waals surface area contributed by atoms with Crippen molar-refractivity contribution in [2.24, 2.45) is 5.92 Å². The van der Waals surface area contributed by atoms with Crippen molar-refractivity contribution >= 4 is 11.9 Å². The molecule has 0 bridgehead atoms. The van der Waals surface area contributed by atoms with Crippen molar-refractivity contribution in [1.29, 1.82) is 0 Å². The predicted molar refractivity (Wildman–Crippen MR) is 91.8 cm³/mol. The summed E-state index contributed by atoms with van der Waals surface area (Å²) in [7, 11) is 0. The molecule has 0 saturated carbocycles. The van der Waals surface area contributed by atoms with Crippen LogP contribution in [0.15, 0.2) is 60.7 Å². The number of ether oxygens (including phenoxy) is 1. The van der Waals surface area contributed by atoms with Crippen molar-refractivity contribution in [1.82, 2.24) is 4.90 Å². The van der Waals surface area contributed by atoms with Crippen molar-refractivity contribution < 1.29 is 14.3 Å². The average molecular weight is 323 g/mol. The van der Waals surface area contributed by atoms with Gasteiger partial charge in [0.05, 0.1) is 12.2 Å². The summed E-state index contributed by atoms with van der Waals surface area (Å²) in [6, 6.07) is 18.4. The molecule has 0 N–H and O–H groups in total. The first-order chi connectivity index (χ1) is 11.7. The van der Waals surface area contributed by atoms with Gasteiger partial charge in [-0.15, -0.1) is 0 Å². The van der Waals surface area contributed by atoms with Crippen molar-refractivity contribution in [3.63, 3.8) is 0 Å². The van der Waals surface area contributed by atoms with Gasteiger partial charge in [-0.2, -0.15) is 0 Å². The normalized spacial score (nSPS) is 15.1. The molecule has 0 spiro atoms. The van der Waals surface area contributed by atoms with Crippen molar-refractivity contribution in [3.05, 3.63) is 71.8 Å². The second-order valence-electron chi connectivity index (χ2n) is 6.07. The second kappa shape index (κ2) is 7.77. The molecular formula is C20H21NO3. The van der Waals surface area contributed by atoms with E-state index >= 15 is 0 Å². The smallest absolute Gasteiger partial charge is 0.338 e. The summed E-state index contributed by atoms with van der Waals surface area (Å²) in [6.07, 6.45) is 1.72. The number of piperidine rings is 1. The van der Waals surface area contributed by atoms with Crippen LogP contribution in [0, 0.1) is 5.92 Å². The summed E-state index contributed by atoms with van der Waals surface area (Å²) < 4.78 is 5.41. The minimum absolute atomic E-state index is 0.0790. The van der Waals surface area contributed by atoms with Crippen LogP contribution in [0.3, 0.4) is 0 Å². The monoisotopic (exact) mass is 323 g/mol. The number of hydrogen-bond donors (Lipinski definition) is 0. The first-order valence-corrected chi connectivity index (χ1v) is 8.30. The molecule has 0 unspecified atom stereocenters. The molecule has 1 amide bonds. The van der Waals surface area contributed by atoms with Gasteiger partial charge >= 0.3 is 5.97 Å². The molecule has 1 saturated heterocycles. The molecule has 4 nitrogen and oxygen atoms in total. The highest BCUT2D eigenvalue weighted by atomic mass is 16.5. The maximum atomic E-state index is 12.4. The Balaban J connectivity index is 1.46. The van der Waals surface area contributed by atoms with Crippen LogP contribution < -0.4 is 0 Å². The summed E-state index contributed by atoms with van der Waals surface area (Å²) in [4.78, 5) is 26.2. The molecule has 2 aromatic rings. The van der Waals surface area contributed by atoms with E-state index in [-0.39, 0.29) is 11.9 Å². The molecule has 1 heterocycles. The molecule has 0 aliphatic carbocycles. The van der Waals surface area contributed by atoms with E-state index in [1.165, 1.54) is 0 Å². The quantitative estimate of drug-likeness (QED) is 0.810. The summed E-state index contributed by atoms with van der Waals surface area (Å²) >= 11 is 0. The van der Waals surface area contributed by atoms with Crippen LogP contribution in [0.1, 0.15) is 33.6 Å². The van der Waals surface area contributed by atoms with E-state index in [2.05, 4.69) is 0 Å². The Morgan fingerprint density at radius 2 is 1.42 bits per heavy atom. The minimum Gasteiger partial charge on any atom is -0.462 e. The van der Waals surface area contributed by atoms with Crippen LogP contribution in [0.4, 0.5) is 0 Å². The van der Waals surface area contributed by atoms with E-state index in [1.807, 2.05) is 53.4 Å². The van der Waals surface area contributed by atoms with E-state index in [0.29, 0.717) is 31.2 Å². The molecule has 1 fully saturated rings. The number of esters is 1. The van der Waals surface area contributed by atoms with Crippen LogP contribution in [0.5, 0.6) is 0 Å². The standard InChI is InChI=1S/C20H21NO3/c22-19(17-7-3-1-4-8-17)21-13-11-16(12-14-21)15-24-20(23)18-9-5-2-6-10-18/h1-10,16H,11-15H2. The van der Waals surface area contributed by atoms with Gasteiger partial charge in [0, 0.05) is 18.7 Å². The van der Waals surface area contributed by atoms with Crippen molar-refractivity contribution in [2.45, 2.75) is 12.8 Å². The number of hydrogen-bond acceptors (Lipinski definition) is 3. The fourth-order valence-electron chi connectivity index (χ4n) is 2.92. The van der Waals surface area contributed by atoms with Gasteiger partial charge in [-0.3, -0.25) is 4.79 Å². The highest BCUT2D eigenvalue weighted by Gasteiger charge is 2.24. The van der Waals surface area contributed by atoms with Crippen LogP contribution in [-0.4, -0.2) is 36.5 Å². The highest BCUT2D eigenvalue weighted by Crippen LogP contribution is 2.20. The van der Waals surface area contributed by atoms with Crippen LogP contribution in [0.2, 0.25) is 0 Å². The van der Waals surface area contributed by atoms with Crippen LogP contribution in [-0.2, 0) is 4.74 Å². The zero-order valence-corrected chi connectivity index (χ0v) is 13.6. The zero-order chi connectivity index (χ0) is 16.8. The molecule has 3 rings (SSSR count). The van der Waals surface area contributed by atoms with Crippen LogP contribution >= 0.6 is 0 Å². The fourth-order valence-corrected chi connectivity index (χ4v) is 2.92. The van der Waals surface area contributed by atoms with Gasteiger partial charge < -0.3 is 9.64 Å².